The molecule has 0 saturated carbocycles. The number of carbonyl (C=O) groups excluding carboxylic acids is 1. The molecule has 0 fully saturated rings. The number of anilines is 1. The van der Waals surface area contributed by atoms with Gasteiger partial charge in [-0.1, -0.05) is 23.7 Å². The zero-order valence-electron chi connectivity index (χ0n) is 11.4. The number of hydrogen-bond acceptors (Lipinski definition) is 4. The van der Waals surface area contributed by atoms with Crippen LogP contribution in [0.4, 0.5) is 5.69 Å². The molecule has 0 saturated heterocycles. The molecule has 0 unspecified atom stereocenters. The first-order valence-electron chi connectivity index (χ1n) is 6.26. The number of aryl methyl sites for hydroxylation is 1. The third kappa shape index (κ3) is 3.11. The number of benzene rings is 1. The molecule has 0 amide bonds. The number of nitrogens with two attached hydrogens (primary N) is 1. The lowest BCUT2D eigenvalue weighted by atomic mass is 10.1. The Morgan fingerprint density at radius 3 is 2.90 bits per heavy atom. The smallest absolute Gasteiger partial charge is 0.361 e. The highest BCUT2D eigenvalue weighted by atomic mass is 35.5. The number of carbonyl (C=O) groups is 1. The Kier molecular flexibility index (Phi) is 4.29. The highest BCUT2D eigenvalue weighted by molar-refractivity contribution is 6.31. The van der Waals surface area contributed by atoms with Crippen LogP contribution in [-0.4, -0.2) is 22.4 Å². The summed E-state index contributed by atoms with van der Waals surface area (Å²) in [7, 11) is 0. The Morgan fingerprint density at radius 2 is 2.25 bits per heavy atom. The topological polar surface area (TPSA) is 70.1 Å². The number of ether oxygens (including phenoxy) is 1. The van der Waals surface area contributed by atoms with Crippen molar-refractivity contribution in [3.63, 3.8) is 0 Å². The van der Waals surface area contributed by atoms with E-state index in [1.807, 2.05) is 25.1 Å². The zero-order chi connectivity index (χ0) is 14.7. The van der Waals surface area contributed by atoms with Gasteiger partial charge in [-0.3, -0.25) is 4.68 Å². The largest absolute Gasteiger partial charge is 0.461 e. The van der Waals surface area contributed by atoms with Gasteiger partial charge in [0, 0.05) is 11.2 Å². The Morgan fingerprint density at radius 1 is 1.50 bits per heavy atom. The van der Waals surface area contributed by atoms with Crippen molar-refractivity contribution < 1.29 is 9.53 Å². The van der Waals surface area contributed by atoms with Gasteiger partial charge in [0.1, 0.15) is 0 Å². The summed E-state index contributed by atoms with van der Waals surface area (Å²) in [6.07, 6.45) is 1.60. The molecule has 1 aromatic heterocycles. The number of nitrogen functional groups attached to an aromatic ring is 1. The normalized spacial score (nSPS) is 10.6. The first-order valence-corrected chi connectivity index (χ1v) is 6.64. The molecule has 1 heterocycles. The Labute approximate surface area is 122 Å². The molecule has 2 N–H and O–H groups in total. The Balaban J connectivity index is 2.22. The van der Waals surface area contributed by atoms with Gasteiger partial charge in [-0.2, -0.15) is 5.10 Å². The zero-order valence-corrected chi connectivity index (χ0v) is 12.1. The average Bonchev–Trinajstić information content (AvgIpc) is 2.74. The van der Waals surface area contributed by atoms with Crippen LogP contribution in [-0.2, 0) is 11.3 Å². The van der Waals surface area contributed by atoms with Gasteiger partial charge in [-0.15, -0.1) is 0 Å². The molecule has 2 rings (SSSR count). The first kappa shape index (κ1) is 14.4. The van der Waals surface area contributed by atoms with Crippen LogP contribution in [0, 0.1) is 6.92 Å². The third-order valence-corrected chi connectivity index (χ3v) is 3.15. The van der Waals surface area contributed by atoms with Crippen molar-refractivity contribution in [2.75, 3.05) is 12.3 Å². The molecular formula is C14H16ClN3O2. The monoisotopic (exact) mass is 293 g/mol. The van der Waals surface area contributed by atoms with Crippen molar-refractivity contribution in [3.8, 4) is 0 Å². The minimum atomic E-state index is -0.515. The maximum absolute atomic E-state index is 11.6. The Bertz CT molecular complexity index is 637. The molecule has 106 valence electrons. The number of esters is 1. The van der Waals surface area contributed by atoms with Crippen LogP contribution in [0.5, 0.6) is 0 Å². The van der Waals surface area contributed by atoms with E-state index < -0.39 is 5.97 Å². The quantitative estimate of drug-likeness (QED) is 0.880. The number of rotatable bonds is 4. The number of nitrogens with zero attached hydrogens (tertiary/aromatic N) is 2. The molecule has 0 atom stereocenters. The van der Waals surface area contributed by atoms with E-state index in [-0.39, 0.29) is 12.3 Å². The molecule has 6 heteroatoms. The van der Waals surface area contributed by atoms with Crippen LogP contribution in [0.3, 0.4) is 0 Å². The molecule has 2 aromatic rings. The van der Waals surface area contributed by atoms with Gasteiger partial charge in [0.05, 0.1) is 18.8 Å². The Hall–Kier alpha value is -2.01. The van der Waals surface area contributed by atoms with Gasteiger partial charge in [-0.25, -0.2) is 4.79 Å². The van der Waals surface area contributed by atoms with Gasteiger partial charge in [0.2, 0.25) is 0 Å². The summed E-state index contributed by atoms with van der Waals surface area (Å²) < 4.78 is 6.47. The van der Waals surface area contributed by atoms with Crippen molar-refractivity contribution in [3.05, 3.63) is 46.2 Å². The van der Waals surface area contributed by atoms with Crippen molar-refractivity contribution in [2.24, 2.45) is 0 Å². The second-order valence-electron chi connectivity index (χ2n) is 4.45. The van der Waals surface area contributed by atoms with Gasteiger partial charge in [-0.05, 0) is 31.0 Å². The van der Waals surface area contributed by atoms with E-state index in [1.165, 1.54) is 0 Å². The average molecular weight is 294 g/mol. The van der Waals surface area contributed by atoms with Crippen LogP contribution >= 0.6 is 11.6 Å². The van der Waals surface area contributed by atoms with Crippen LogP contribution in [0.2, 0.25) is 5.02 Å². The van der Waals surface area contributed by atoms with Crippen molar-refractivity contribution in [2.45, 2.75) is 20.4 Å². The minimum absolute atomic E-state index is 0.134. The molecule has 0 radical (unpaired) electrons. The summed E-state index contributed by atoms with van der Waals surface area (Å²) in [4.78, 5) is 11.6. The standard InChI is InChI=1S/C14H16ClN3O2/c1-3-20-14(19)13-12(16)8-18(17-13)7-10-5-4-9(2)6-11(10)15/h4-6,8H,3,7,16H2,1-2H3. The lowest BCUT2D eigenvalue weighted by Gasteiger charge is -2.05. The predicted molar refractivity (Wildman–Crippen MR) is 77.9 cm³/mol. The van der Waals surface area contributed by atoms with E-state index in [2.05, 4.69) is 5.10 Å². The van der Waals surface area contributed by atoms with Crippen LogP contribution < -0.4 is 5.73 Å². The molecule has 1 aromatic carbocycles. The summed E-state index contributed by atoms with van der Waals surface area (Å²) in [5.74, 6) is -0.515. The first-order chi connectivity index (χ1) is 9.51. The van der Waals surface area contributed by atoms with E-state index in [9.17, 15) is 4.79 Å². The van der Waals surface area contributed by atoms with Crippen molar-refractivity contribution in [1.82, 2.24) is 9.78 Å². The lowest BCUT2D eigenvalue weighted by molar-refractivity contribution is 0.0519. The number of halogens is 1. The summed E-state index contributed by atoms with van der Waals surface area (Å²) >= 11 is 6.17. The van der Waals surface area contributed by atoms with Gasteiger partial charge < -0.3 is 10.5 Å². The molecule has 5 nitrogen and oxygen atoms in total. The van der Waals surface area contributed by atoms with E-state index in [4.69, 9.17) is 22.1 Å². The molecular weight excluding hydrogens is 278 g/mol. The maximum atomic E-state index is 11.6. The highest BCUT2D eigenvalue weighted by Gasteiger charge is 2.16. The summed E-state index contributed by atoms with van der Waals surface area (Å²) in [5, 5.41) is 4.81. The summed E-state index contributed by atoms with van der Waals surface area (Å²) in [5.41, 5.74) is 8.20. The van der Waals surface area contributed by atoms with Crippen LogP contribution in [0.25, 0.3) is 0 Å². The SMILES string of the molecule is CCOC(=O)c1nn(Cc2ccc(C)cc2Cl)cc1N. The highest BCUT2D eigenvalue weighted by Crippen LogP contribution is 2.19. The van der Waals surface area contributed by atoms with Crippen molar-refractivity contribution in [1.29, 1.82) is 0 Å². The second-order valence-corrected chi connectivity index (χ2v) is 4.85. The molecule has 20 heavy (non-hydrogen) atoms. The summed E-state index contributed by atoms with van der Waals surface area (Å²) in [6.45, 7) is 4.44. The number of aromatic nitrogens is 2. The summed E-state index contributed by atoms with van der Waals surface area (Å²) in [6, 6.07) is 5.79. The van der Waals surface area contributed by atoms with E-state index in [0.29, 0.717) is 17.3 Å². The van der Waals surface area contributed by atoms with E-state index in [0.717, 1.165) is 11.1 Å². The van der Waals surface area contributed by atoms with Gasteiger partial charge in [0.25, 0.3) is 0 Å². The number of hydrogen-bond donors (Lipinski definition) is 1. The molecule has 0 spiro atoms. The van der Waals surface area contributed by atoms with Gasteiger partial charge >= 0.3 is 5.97 Å². The third-order valence-electron chi connectivity index (χ3n) is 2.80. The fourth-order valence-corrected chi connectivity index (χ4v) is 2.13. The fraction of sp³-hybridized carbons (Fsp3) is 0.286. The molecule has 0 aliphatic carbocycles. The van der Waals surface area contributed by atoms with Crippen LogP contribution in [0.15, 0.2) is 24.4 Å². The lowest BCUT2D eigenvalue weighted by Crippen LogP contribution is -2.09. The van der Waals surface area contributed by atoms with E-state index >= 15 is 0 Å². The maximum Gasteiger partial charge on any atom is 0.361 e. The predicted octanol–water partition coefficient (Wildman–Crippen LogP) is 2.65. The van der Waals surface area contributed by atoms with Crippen molar-refractivity contribution >= 4 is 23.3 Å². The second kappa shape index (κ2) is 5.96. The van der Waals surface area contributed by atoms with Gasteiger partial charge in [0.15, 0.2) is 5.69 Å². The fourth-order valence-electron chi connectivity index (χ4n) is 1.83. The molecule has 0 aliphatic rings. The minimum Gasteiger partial charge on any atom is -0.461 e. The molecule has 0 aliphatic heterocycles. The molecule has 0 bridgehead atoms. The van der Waals surface area contributed by atoms with E-state index in [1.54, 1.807) is 17.8 Å². The van der Waals surface area contributed by atoms with Crippen LogP contribution in [0.1, 0.15) is 28.5 Å².